The van der Waals surface area contributed by atoms with Gasteiger partial charge in [-0.1, -0.05) is 80.1 Å². The zero-order chi connectivity index (χ0) is 23.5. The highest BCUT2D eigenvalue weighted by Crippen LogP contribution is 2.39. The van der Waals surface area contributed by atoms with Gasteiger partial charge in [0.1, 0.15) is 0 Å². The summed E-state index contributed by atoms with van der Waals surface area (Å²) in [4.78, 5) is 9.00. The Bertz CT molecular complexity index is 252. The molecule has 0 heterocycles. The van der Waals surface area contributed by atoms with E-state index in [9.17, 15) is 0 Å². The van der Waals surface area contributed by atoms with Gasteiger partial charge in [-0.05, 0) is 75.5 Å². The van der Waals surface area contributed by atoms with Gasteiger partial charge in [0.25, 0.3) is 5.97 Å². The number of aliphatic carboxylic acids is 1. The molecule has 5 heteroatoms. The molecule has 0 atom stereocenters. The van der Waals surface area contributed by atoms with Crippen LogP contribution in [-0.4, -0.2) is 48.0 Å². The van der Waals surface area contributed by atoms with Crippen molar-refractivity contribution < 1.29 is 9.90 Å². The molecule has 0 saturated carbocycles. The average molecular weight is 501 g/mol. The fourth-order valence-corrected chi connectivity index (χ4v) is 8.88. The Balaban J connectivity index is -0.000000195. The summed E-state index contributed by atoms with van der Waals surface area (Å²) in [6, 6.07) is 0. The molecule has 0 saturated heterocycles. The van der Waals surface area contributed by atoms with Gasteiger partial charge in [0, 0.05) is 6.92 Å². The average Bonchev–Trinajstić information content (AvgIpc) is 2.72. The van der Waals surface area contributed by atoms with Crippen LogP contribution in [0.4, 0.5) is 0 Å². The molecule has 0 aliphatic carbocycles. The second kappa shape index (κ2) is 35.2. The molecule has 0 rings (SSSR count). The third-order valence-corrected chi connectivity index (χ3v) is 10.7. The summed E-state index contributed by atoms with van der Waals surface area (Å²) >= 11 is 0. The molecule has 0 aromatic rings. The van der Waals surface area contributed by atoms with Crippen LogP contribution in [0.5, 0.6) is 0 Å². The first kappa shape index (κ1) is 38.9. The van der Waals surface area contributed by atoms with Gasteiger partial charge < -0.3 is 5.11 Å². The molecule has 0 aliphatic heterocycles. The van der Waals surface area contributed by atoms with Crippen LogP contribution in [0, 0.1) is 0 Å². The van der Waals surface area contributed by atoms with Gasteiger partial charge in [-0.2, -0.15) is 0 Å². The molecule has 192 valence electrons. The topological polar surface area (TPSA) is 37.3 Å². The van der Waals surface area contributed by atoms with E-state index in [-0.39, 0.29) is 12.4 Å². The number of unbranched alkanes of at least 4 members (excludes halogenated alkanes) is 6. The first-order chi connectivity index (χ1) is 14.4. The second-order valence-corrected chi connectivity index (χ2v) is 13.7. The third-order valence-electron chi connectivity index (χ3n) is 4.97. The van der Waals surface area contributed by atoms with Crippen molar-refractivity contribution in [1.29, 1.82) is 0 Å². The Morgan fingerprint density at radius 2 is 0.645 bits per heavy atom. The molecule has 0 aromatic carbocycles. The maximum Gasteiger partial charge on any atom is 0.300 e. The summed E-state index contributed by atoms with van der Waals surface area (Å²) in [5.41, 5.74) is 0. The van der Waals surface area contributed by atoms with E-state index in [1.807, 2.05) is 0 Å². The van der Waals surface area contributed by atoms with Crippen molar-refractivity contribution in [1.82, 2.24) is 0 Å². The van der Waals surface area contributed by atoms with Crippen LogP contribution < -0.4 is 0 Å². The van der Waals surface area contributed by atoms with Crippen molar-refractivity contribution in [2.45, 2.75) is 126 Å². The lowest BCUT2D eigenvalue weighted by molar-refractivity contribution is -0.134. The molecule has 31 heavy (non-hydrogen) atoms. The maximum atomic E-state index is 9.00. The zero-order valence-corrected chi connectivity index (χ0v) is 25.0. The SMILES string of the molecule is CC(=O)O.CCCCP(CCCC)CCCC.CCCCP(CCCC)CCCC.Cl. The van der Waals surface area contributed by atoms with Crippen LogP contribution in [0.25, 0.3) is 0 Å². The fraction of sp³-hybridized carbons (Fsp3) is 0.962. The fourth-order valence-electron chi connectivity index (χ4n) is 2.96. The van der Waals surface area contributed by atoms with Crippen LogP contribution in [0.3, 0.4) is 0 Å². The first-order valence-electron chi connectivity index (χ1n) is 13.1. The van der Waals surface area contributed by atoms with E-state index in [2.05, 4.69) is 41.5 Å². The number of carbonyl (C=O) groups is 1. The molecule has 0 fully saturated rings. The minimum atomic E-state index is -0.833. The molecule has 0 amide bonds. The molecule has 0 radical (unpaired) electrons. The number of carboxylic acid groups (broad SMARTS) is 1. The summed E-state index contributed by atoms with van der Waals surface area (Å²) < 4.78 is 0. The molecular weight excluding hydrogens is 442 g/mol. The van der Waals surface area contributed by atoms with E-state index in [1.54, 1.807) is 37.0 Å². The number of hydrogen-bond acceptors (Lipinski definition) is 1. The Morgan fingerprint density at radius 3 is 0.742 bits per heavy atom. The number of rotatable bonds is 18. The lowest BCUT2D eigenvalue weighted by Gasteiger charge is -2.16. The molecule has 2 nitrogen and oxygen atoms in total. The van der Waals surface area contributed by atoms with Crippen molar-refractivity contribution in [2.24, 2.45) is 0 Å². The molecule has 0 spiro atoms. The lowest BCUT2D eigenvalue weighted by Crippen LogP contribution is -1.95. The molecule has 0 aliphatic rings. The van der Waals surface area contributed by atoms with Crippen LogP contribution in [0.2, 0.25) is 0 Å². The summed E-state index contributed by atoms with van der Waals surface area (Å²) in [7, 11) is 0.843. The van der Waals surface area contributed by atoms with Crippen LogP contribution in [-0.2, 0) is 4.79 Å². The summed E-state index contributed by atoms with van der Waals surface area (Å²) in [5.74, 6) is -0.833. The predicted molar refractivity (Wildman–Crippen MR) is 153 cm³/mol. The Kier molecular flexibility index (Phi) is 44.1. The van der Waals surface area contributed by atoms with Crippen molar-refractivity contribution in [3.05, 3.63) is 0 Å². The lowest BCUT2D eigenvalue weighted by atomic mass is 10.4. The van der Waals surface area contributed by atoms with E-state index in [0.717, 1.165) is 6.92 Å². The summed E-state index contributed by atoms with van der Waals surface area (Å²) in [5, 5.41) is 7.42. The largest absolute Gasteiger partial charge is 0.481 e. The Morgan fingerprint density at radius 1 is 0.516 bits per heavy atom. The number of hydrogen-bond donors (Lipinski definition) is 1. The smallest absolute Gasteiger partial charge is 0.300 e. The first-order valence-corrected chi connectivity index (χ1v) is 16.9. The molecule has 0 unspecified atom stereocenters. The van der Waals surface area contributed by atoms with E-state index < -0.39 is 5.97 Å². The van der Waals surface area contributed by atoms with Crippen LogP contribution in [0.1, 0.15) is 126 Å². The standard InChI is InChI=1S/2C12H27P.C2H4O2.ClH/c2*1-4-7-10-13(11-8-5-2)12-9-6-3;1-2(3)4;/h2*4-12H2,1-3H3;1H3,(H,3,4);1H. The van der Waals surface area contributed by atoms with Gasteiger partial charge in [0.05, 0.1) is 0 Å². The van der Waals surface area contributed by atoms with Gasteiger partial charge in [-0.25, -0.2) is 0 Å². The minimum Gasteiger partial charge on any atom is -0.481 e. The monoisotopic (exact) mass is 500 g/mol. The highest BCUT2D eigenvalue weighted by Gasteiger charge is 2.06. The molecular formula is C26H59ClO2P2. The third kappa shape index (κ3) is 41.4. The normalized spacial score (nSPS) is 10.1. The van der Waals surface area contributed by atoms with E-state index in [4.69, 9.17) is 9.90 Å². The molecule has 1 N–H and O–H groups in total. The van der Waals surface area contributed by atoms with Gasteiger partial charge >= 0.3 is 0 Å². The highest BCUT2D eigenvalue weighted by molar-refractivity contribution is 7.57. The van der Waals surface area contributed by atoms with Crippen LogP contribution in [0.15, 0.2) is 0 Å². The van der Waals surface area contributed by atoms with Gasteiger partial charge in [0.15, 0.2) is 0 Å². The van der Waals surface area contributed by atoms with Gasteiger partial charge in [-0.3, -0.25) is 4.79 Å². The summed E-state index contributed by atoms with van der Waals surface area (Å²) in [6.07, 6.45) is 26.4. The van der Waals surface area contributed by atoms with Gasteiger partial charge in [-0.15, -0.1) is 28.3 Å². The van der Waals surface area contributed by atoms with E-state index in [0.29, 0.717) is 15.8 Å². The zero-order valence-electron chi connectivity index (χ0n) is 22.4. The Hall–Kier alpha value is 0.620. The summed E-state index contributed by atoms with van der Waals surface area (Å²) in [6.45, 7) is 15.0. The number of halogens is 1. The van der Waals surface area contributed by atoms with Crippen molar-refractivity contribution in [3.63, 3.8) is 0 Å². The highest BCUT2D eigenvalue weighted by atomic mass is 35.5. The van der Waals surface area contributed by atoms with E-state index >= 15 is 0 Å². The predicted octanol–water partition coefficient (Wildman–Crippen LogP) is 10.2. The Labute approximate surface area is 206 Å². The van der Waals surface area contributed by atoms with Crippen LogP contribution >= 0.6 is 28.3 Å². The maximum absolute atomic E-state index is 9.00. The second-order valence-electron chi connectivity index (χ2n) is 8.32. The van der Waals surface area contributed by atoms with E-state index in [1.165, 1.54) is 77.0 Å². The van der Waals surface area contributed by atoms with Crippen molar-refractivity contribution >= 4 is 34.2 Å². The number of carboxylic acids is 1. The van der Waals surface area contributed by atoms with Gasteiger partial charge in [0.2, 0.25) is 0 Å². The van der Waals surface area contributed by atoms with Crippen molar-refractivity contribution in [3.8, 4) is 0 Å². The molecule has 0 bridgehead atoms. The minimum absolute atomic E-state index is 0. The quantitative estimate of drug-likeness (QED) is 0.190. The molecule has 0 aromatic heterocycles. The van der Waals surface area contributed by atoms with Crippen molar-refractivity contribution in [2.75, 3.05) is 37.0 Å².